The first-order chi connectivity index (χ1) is 6.02. The molecular formula is C9H7ClO3. The fourth-order valence-electron chi connectivity index (χ4n) is 1.03. The Hall–Kier alpha value is -1.35. The van der Waals surface area contributed by atoms with Gasteiger partial charge >= 0.3 is 5.97 Å². The predicted molar refractivity (Wildman–Crippen MR) is 48.3 cm³/mol. The van der Waals surface area contributed by atoms with Gasteiger partial charge in [0, 0.05) is 5.56 Å². The number of carbonyl (C=O) groups excluding carboxylic acids is 1. The molecule has 68 valence electrons. The van der Waals surface area contributed by atoms with Gasteiger partial charge in [0.25, 0.3) is 5.24 Å². The van der Waals surface area contributed by atoms with Crippen molar-refractivity contribution in [1.29, 1.82) is 0 Å². The van der Waals surface area contributed by atoms with Crippen molar-refractivity contribution in [3.05, 3.63) is 34.9 Å². The van der Waals surface area contributed by atoms with Gasteiger partial charge in [0.15, 0.2) is 0 Å². The van der Waals surface area contributed by atoms with Crippen LogP contribution in [0.5, 0.6) is 0 Å². The molecule has 0 unspecified atom stereocenters. The van der Waals surface area contributed by atoms with E-state index in [0.29, 0.717) is 11.1 Å². The van der Waals surface area contributed by atoms with Crippen LogP contribution in [0.25, 0.3) is 0 Å². The number of carboxylic acids is 1. The number of carboxylic acid groups (broad SMARTS) is 1. The average molecular weight is 199 g/mol. The number of carbonyl (C=O) groups is 2. The Morgan fingerprint density at radius 1 is 1.38 bits per heavy atom. The van der Waals surface area contributed by atoms with Crippen LogP contribution in [0, 0.1) is 6.92 Å². The normalized spacial score (nSPS) is 9.69. The summed E-state index contributed by atoms with van der Waals surface area (Å²) in [6.07, 6.45) is 0. The number of aryl methyl sites for hydroxylation is 1. The zero-order chi connectivity index (χ0) is 10.0. The van der Waals surface area contributed by atoms with Crippen LogP contribution in [-0.2, 0) is 0 Å². The second kappa shape index (κ2) is 3.58. The van der Waals surface area contributed by atoms with Gasteiger partial charge in [-0.05, 0) is 42.3 Å². The smallest absolute Gasteiger partial charge is 0.335 e. The molecule has 4 heteroatoms. The number of rotatable bonds is 2. The standard InChI is InChI=1S/C9H7ClO3/c1-5-4-6(8(10)11)2-3-7(5)9(12)13/h2-4H,1H3,(H,12,13). The van der Waals surface area contributed by atoms with Gasteiger partial charge in [0.2, 0.25) is 0 Å². The summed E-state index contributed by atoms with van der Waals surface area (Å²) in [5.74, 6) is -1.01. The van der Waals surface area contributed by atoms with Crippen LogP contribution in [0.4, 0.5) is 0 Å². The van der Waals surface area contributed by atoms with Gasteiger partial charge < -0.3 is 5.11 Å². The number of halogens is 1. The average Bonchev–Trinajstić information content (AvgIpc) is 2.03. The predicted octanol–water partition coefficient (Wildman–Crippen LogP) is 2.07. The van der Waals surface area contributed by atoms with Crippen molar-refractivity contribution in [2.24, 2.45) is 0 Å². The summed E-state index contributed by atoms with van der Waals surface area (Å²) in [7, 11) is 0. The Bertz CT molecular complexity index is 371. The van der Waals surface area contributed by atoms with Crippen LogP contribution in [-0.4, -0.2) is 16.3 Å². The third-order valence-corrected chi connectivity index (χ3v) is 1.90. The Morgan fingerprint density at radius 2 is 2.00 bits per heavy atom. The fraction of sp³-hybridized carbons (Fsp3) is 0.111. The first kappa shape index (κ1) is 9.74. The molecule has 0 aliphatic heterocycles. The molecule has 0 radical (unpaired) electrons. The van der Waals surface area contributed by atoms with Crippen molar-refractivity contribution in [1.82, 2.24) is 0 Å². The molecule has 0 aliphatic rings. The molecule has 0 aromatic heterocycles. The van der Waals surface area contributed by atoms with E-state index in [1.807, 2.05) is 0 Å². The fourth-order valence-corrected chi connectivity index (χ4v) is 1.14. The van der Waals surface area contributed by atoms with E-state index in [9.17, 15) is 9.59 Å². The molecule has 3 nitrogen and oxygen atoms in total. The maximum Gasteiger partial charge on any atom is 0.335 e. The van der Waals surface area contributed by atoms with E-state index in [1.165, 1.54) is 18.2 Å². The van der Waals surface area contributed by atoms with E-state index < -0.39 is 11.2 Å². The molecule has 1 aromatic carbocycles. The minimum Gasteiger partial charge on any atom is -0.478 e. The highest BCUT2D eigenvalue weighted by atomic mass is 35.5. The van der Waals surface area contributed by atoms with Gasteiger partial charge in [-0.1, -0.05) is 0 Å². The summed E-state index contributed by atoms with van der Waals surface area (Å²) in [6, 6.07) is 4.22. The highest BCUT2D eigenvalue weighted by molar-refractivity contribution is 6.67. The molecule has 13 heavy (non-hydrogen) atoms. The minimum atomic E-state index is -1.01. The van der Waals surface area contributed by atoms with E-state index in [4.69, 9.17) is 16.7 Å². The van der Waals surface area contributed by atoms with E-state index in [-0.39, 0.29) is 5.56 Å². The summed E-state index contributed by atoms with van der Waals surface area (Å²) in [4.78, 5) is 21.3. The Morgan fingerprint density at radius 3 is 2.38 bits per heavy atom. The lowest BCUT2D eigenvalue weighted by molar-refractivity contribution is 0.0695. The molecule has 1 rings (SSSR count). The van der Waals surface area contributed by atoms with E-state index >= 15 is 0 Å². The Kier molecular flexibility index (Phi) is 2.68. The molecule has 1 N–H and O–H groups in total. The second-order valence-electron chi connectivity index (χ2n) is 2.61. The van der Waals surface area contributed by atoms with Gasteiger partial charge in [-0.25, -0.2) is 4.79 Å². The summed E-state index contributed by atoms with van der Waals surface area (Å²) < 4.78 is 0. The van der Waals surface area contributed by atoms with Crippen LogP contribution in [0.2, 0.25) is 0 Å². The summed E-state index contributed by atoms with van der Waals surface area (Å²) in [5, 5.41) is 8.09. The van der Waals surface area contributed by atoms with Gasteiger partial charge in [0.1, 0.15) is 0 Å². The molecule has 0 saturated carbocycles. The second-order valence-corrected chi connectivity index (χ2v) is 2.95. The SMILES string of the molecule is Cc1cc(C(=O)Cl)ccc1C(=O)O. The van der Waals surface area contributed by atoms with E-state index in [1.54, 1.807) is 6.92 Å². The van der Waals surface area contributed by atoms with Crippen LogP contribution in [0.1, 0.15) is 26.3 Å². The third kappa shape index (κ3) is 2.06. The summed E-state index contributed by atoms with van der Waals surface area (Å²) in [5.41, 5.74) is 1.02. The van der Waals surface area contributed by atoms with Crippen molar-refractivity contribution >= 4 is 22.8 Å². The summed E-state index contributed by atoms with van der Waals surface area (Å²) in [6.45, 7) is 1.62. The van der Waals surface area contributed by atoms with Crippen LogP contribution in [0.15, 0.2) is 18.2 Å². The van der Waals surface area contributed by atoms with Crippen LogP contribution >= 0.6 is 11.6 Å². The largest absolute Gasteiger partial charge is 0.478 e. The minimum absolute atomic E-state index is 0.182. The quantitative estimate of drug-likeness (QED) is 0.741. The number of aromatic carboxylic acids is 1. The van der Waals surface area contributed by atoms with Crippen molar-refractivity contribution in [3.8, 4) is 0 Å². The lowest BCUT2D eigenvalue weighted by atomic mass is 10.1. The molecule has 0 fully saturated rings. The zero-order valence-electron chi connectivity index (χ0n) is 6.87. The molecule has 0 atom stereocenters. The molecule has 0 spiro atoms. The molecule has 0 amide bonds. The first-order valence-corrected chi connectivity index (χ1v) is 3.94. The lowest BCUT2D eigenvalue weighted by Crippen LogP contribution is -2.01. The van der Waals surface area contributed by atoms with Gasteiger partial charge in [0.05, 0.1) is 5.56 Å². The van der Waals surface area contributed by atoms with E-state index in [2.05, 4.69) is 0 Å². The lowest BCUT2D eigenvalue weighted by Gasteiger charge is -2.01. The molecule has 0 saturated heterocycles. The van der Waals surface area contributed by atoms with Crippen molar-refractivity contribution < 1.29 is 14.7 Å². The first-order valence-electron chi connectivity index (χ1n) is 3.56. The maximum atomic E-state index is 10.7. The van der Waals surface area contributed by atoms with Gasteiger partial charge in [-0.2, -0.15) is 0 Å². The van der Waals surface area contributed by atoms with Crippen molar-refractivity contribution in [3.63, 3.8) is 0 Å². The topological polar surface area (TPSA) is 54.4 Å². The number of benzene rings is 1. The highest BCUT2D eigenvalue weighted by Crippen LogP contribution is 2.12. The van der Waals surface area contributed by atoms with Crippen LogP contribution < -0.4 is 0 Å². The number of hydrogen-bond donors (Lipinski definition) is 1. The monoisotopic (exact) mass is 198 g/mol. The number of hydrogen-bond acceptors (Lipinski definition) is 2. The van der Waals surface area contributed by atoms with Crippen molar-refractivity contribution in [2.45, 2.75) is 6.92 Å². The molecule has 0 aliphatic carbocycles. The maximum absolute atomic E-state index is 10.7. The van der Waals surface area contributed by atoms with Gasteiger partial charge in [-0.3, -0.25) is 4.79 Å². The molecule has 0 bridgehead atoms. The van der Waals surface area contributed by atoms with Crippen molar-refractivity contribution in [2.75, 3.05) is 0 Å². The Labute approximate surface area is 79.9 Å². The zero-order valence-corrected chi connectivity index (χ0v) is 7.63. The van der Waals surface area contributed by atoms with Crippen LogP contribution in [0.3, 0.4) is 0 Å². The Balaban J connectivity index is 3.20. The summed E-state index contributed by atoms with van der Waals surface area (Å²) >= 11 is 5.22. The van der Waals surface area contributed by atoms with Gasteiger partial charge in [-0.15, -0.1) is 0 Å². The third-order valence-electron chi connectivity index (χ3n) is 1.68. The van der Waals surface area contributed by atoms with E-state index in [0.717, 1.165) is 0 Å². The molecule has 0 heterocycles. The molecular weight excluding hydrogens is 192 g/mol. The highest BCUT2D eigenvalue weighted by Gasteiger charge is 2.09. The molecule has 1 aromatic rings.